The van der Waals surface area contributed by atoms with E-state index in [9.17, 15) is 4.79 Å². The van der Waals surface area contributed by atoms with Gasteiger partial charge in [0, 0.05) is 12.9 Å². The fraction of sp³-hybridized carbons (Fsp3) is 0.308. The van der Waals surface area contributed by atoms with Gasteiger partial charge in [-0.2, -0.15) is 4.98 Å². The summed E-state index contributed by atoms with van der Waals surface area (Å²) in [4.78, 5) is 16.2. The highest BCUT2D eigenvalue weighted by Gasteiger charge is 2.12. The van der Waals surface area contributed by atoms with Gasteiger partial charge in [0.15, 0.2) is 15.9 Å². The number of aromatic amines is 1. The molecule has 0 unspecified atom stereocenters. The molecule has 0 atom stereocenters. The quantitative estimate of drug-likeness (QED) is 0.318. The van der Waals surface area contributed by atoms with E-state index in [4.69, 9.17) is 9.15 Å². The summed E-state index contributed by atoms with van der Waals surface area (Å²) < 4.78 is 11.0. The van der Waals surface area contributed by atoms with Crippen molar-refractivity contribution in [3.63, 3.8) is 0 Å². The highest BCUT2D eigenvalue weighted by atomic mass is 32.2. The molecule has 12 heteroatoms. The summed E-state index contributed by atoms with van der Waals surface area (Å²) in [5.74, 6) is 1.88. The van der Waals surface area contributed by atoms with Gasteiger partial charge in [0.05, 0.1) is 18.6 Å². The number of nitrogens with one attached hydrogen (secondary N) is 2. The molecule has 0 aliphatic rings. The maximum absolute atomic E-state index is 12.0. The average Bonchev–Trinajstić information content (AvgIpc) is 3.35. The van der Waals surface area contributed by atoms with Gasteiger partial charge in [0.25, 0.3) is 0 Å². The molecule has 0 saturated heterocycles. The van der Waals surface area contributed by atoms with Gasteiger partial charge >= 0.3 is 0 Å². The standard InChI is InChI=1S/C13H14N6O3S3/c1-21-5-6-23-13-19-18-12(25-13)14-9(20)7-24-11-15-10(16-17-11)8-3-2-4-22-8/h2-4H,5-7H2,1H3,(H,14,18,20)(H,15,16,17). The molecular formula is C13H14N6O3S3. The Balaban J connectivity index is 1.45. The van der Waals surface area contributed by atoms with Gasteiger partial charge < -0.3 is 9.15 Å². The average molecular weight is 398 g/mol. The summed E-state index contributed by atoms with van der Waals surface area (Å²) in [5.41, 5.74) is 0. The highest BCUT2D eigenvalue weighted by molar-refractivity contribution is 8.01. The zero-order valence-corrected chi connectivity index (χ0v) is 15.5. The van der Waals surface area contributed by atoms with Gasteiger partial charge in [-0.1, -0.05) is 34.9 Å². The Morgan fingerprint density at radius 2 is 2.36 bits per heavy atom. The minimum Gasteiger partial charge on any atom is -0.461 e. The number of hydrogen-bond donors (Lipinski definition) is 2. The molecule has 0 aliphatic carbocycles. The van der Waals surface area contributed by atoms with E-state index >= 15 is 0 Å². The van der Waals surface area contributed by atoms with E-state index in [-0.39, 0.29) is 11.7 Å². The zero-order chi connectivity index (χ0) is 17.5. The van der Waals surface area contributed by atoms with Crippen molar-refractivity contribution in [2.24, 2.45) is 0 Å². The molecule has 3 aromatic rings. The second-order valence-corrected chi connectivity index (χ2v) is 7.76. The largest absolute Gasteiger partial charge is 0.461 e. The number of methoxy groups -OCH3 is 1. The number of H-pyrrole nitrogens is 1. The third-order valence-electron chi connectivity index (χ3n) is 2.72. The number of aromatic nitrogens is 5. The number of thioether (sulfide) groups is 2. The van der Waals surface area contributed by atoms with Gasteiger partial charge in [-0.25, -0.2) is 0 Å². The van der Waals surface area contributed by atoms with E-state index in [1.165, 1.54) is 34.9 Å². The maximum Gasteiger partial charge on any atom is 0.236 e. The SMILES string of the molecule is COCCSc1nnc(NC(=O)CSc2n[nH]c(-c3ccco3)n2)s1. The fourth-order valence-corrected chi connectivity index (χ4v) is 3.99. The first-order chi connectivity index (χ1) is 12.2. The molecule has 0 saturated carbocycles. The molecule has 3 aromatic heterocycles. The van der Waals surface area contributed by atoms with Crippen LogP contribution in [0.3, 0.4) is 0 Å². The molecule has 25 heavy (non-hydrogen) atoms. The van der Waals surface area contributed by atoms with Crippen LogP contribution in [0.1, 0.15) is 0 Å². The molecule has 0 aliphatic heterocycles. The molecule has 9 nitrogen and oxygen atoms in total. The minimum absolute atomic E-state index is 0.168. The Hall–Kier alpha value is -1.89. The molecule has 0 spiro atoms. The van der Waals surface area contributed by atoms with Gasteiger partial charge in [0.2, 0.25) is 16.2 Å². The smallest absolute Gasteiger partial charge is 0.236 e. The van der Waals surface area contributed by atoms with Gasteiger partial charge in [0.1, 0.15) is 0 Å². The summed E-state index contributed by atoms with van der Waals surface area (Å²) in [6.45, 7) is 0.638. The van der Waals surface area contributed by atoms with Crippen molar-refractivity contribution in [3.8, 4) is 11.6 Å². The van der Waals surface area contributed by atoms with Gasteiger partial charge in [-0.15, -0.1) is 15.3 Å². The lowest BCUT2D eigenvalue weighted by Crippen LogP contribution is -2.13. The molecule has 0 fully saturated rings. The number of ether oxygens (including phenoxy) is 1. The fourth-order valence-electron chi connectivity index (χ4n) is 1.65. The van der Waals surface area contributed by atoms with Gasteiger partial charge in [-0.05, 0) is 12.1 Å². The Morgan fingerprint density at radius 3 is 3.16 bits per heavy atom. The van der Waals surface area contributed by atoms with E-state index in [1.807, 2.05) is 0 Å². The lowest BCUT2D eigenvalue weighted by Gasteiger charge is -1.98. The van der Waals surface area contributed by atoms with Crippen LogP contribution in [-0.2, 0) is 9.53 Å². The summed E-state index contributed by atoms with van der Waals surface area (Å²) in [5, 5.41) is 18.4. The van der Waals surface area contributed by atoms with Crippen LogP contribution < -0.4 is 5.32 Å². The Kier molecular flexibility index (Phi) is 6.44. The molecule has 2 N–H and O–H groups in total. The van der Waals surface area contributed by atoms with Crippen LogP contribution >= 0.6 is 34.9 Å². The zero-order valence-electron chi connectivity index (χ0n) is 13.1. The third-order valence-corrected chi connectivity index (χ3v) is 5.50. The van der Waals surface area contributed by atoms with Gasteiger partial charge in [-0.3, -0.25) is 15.2 Å². The van der Waals surface area contributed by atoms with Crippen molar-refractivity contribution >= 4 is 45.9 Å². The number of nitrogens with zero attached hydrogens (tertiary/aromatic N) is 4. The van der Waals surface area contributed by atoms with Crippen LogP contribution in [-0.4, -0.2) is 56.5 Å². The summed E-state index contributed by atoms with van der Waals surface area (Å²) >= 11 is 4.08. The van der Waals surface area contributed by atoms with Crippen LogP contribution in [0.25, 0.3) is 11.6 Å². The summed E-state index contributed by atoms with van der Waals surface area (Å²) in [6.07, 6.45) is 1.56. The molecule has 0 bridgehead atoms. The number of anilines is 1. The second-order valence-electron chi connectivity index (χ2n) is 4.50. The number of amides is 1. The molecule has 132 valence electrons. The van der Waals surface area contributed by atoms with Crippen molar-refractivity contribution in [3.05, 3.63) is 18.4 Å². The third kappa shape index (κ3) is 5.29. The number of carbonyl (C=O) groups is 1. The van der Waals surface area contributed by atoms with E-state index in [0.29, 0.717) is 28.5 Å². The molecule has 3 heterocycles. The van der Waals surface area contributed by atoms with E-state index in [0.717, 1.165) is 10.1 Å². The van der Waals surface area contributed by atoms with Crippen LogP contribution in [0.15, 0.2) is 32.3 Å². The van der Waals surface area contributed by atoms with Crippen molar-refractivity contribution in [1.29, 1.82) is 0 Å². The predicted molar refractivity (Wildman–Crippen MR) is 95.9 cm³/mol. The topological polar surface area (TPSA) is 119 Å². The first kappa shape index (κ1) is 17.9. The highest BCUT2D eigenvalue weighted by Crippen LogP contribution is 2.25. The van der Waals surface area contributed by atoms with Crippen LogP contribution in [0.4, 0.5) is 5.13 Å². The maximum atomic E-state index is 12.0. The van der Waals surface area contributed by atoms with Crippen LogP contribution in [0.5, 0.6) is 0 Å². The minimum atomic E-state index is -0.195. The predicted octanol–water partition coefficient (Wildman–Crippen LogP) is 2.39. The Morgan fingerprint density at radius 1 is 1.44 bits per heavy atom. The summed E-state index contributed by atoms with van der Waals surface area (Å²) in [6, 6.07) is 3.54. The van der Waals surface area contributed by atoms with Crippen molar-refractivity contribution in [1.82, 2.24) is 25.4 Å². The molecule has 0 radical (unpaired) electrons. The van der Waals surface area contributed by atoms with Crippen molar-refractivity contribution in [2.75, 3.05) is 30.5 Å². The number of hydrogen-bond acceptors (Lipinski definition) is 10. The van der Waals surface area contributed by atoms with E-state index in [2.05, 4.69) is 30.7 Å². The van der Waals surface area contributed by atoms with E-state index in [1.54, 1.807) is 25.5 Å². The molecule has 3 rings (SSSR count). The van der Waals surface area contributed by atoms with Crippen LogP contribution in [0, 0.1) is 0 Å². The van der Waals surface area contributed by atoms with Crippen LogP contribution in [0.2, 0.25) is 0 Å². The number of rotatable bonds is 9. The monoisotopic (exact) mass is 398 g/mol. The molecule has 1 amide bonds. The first-order valence-electron chi connectivity index (χ1n) is 7.09. The second kappa shape index (κ2) is 8.99. The van der Waals surface area contributed by atoms with E-state index < -0.39 is 0 Å². The Bertz CT molecular complexity index is 804. The van der Waals surface area contributed by atoms with Crippen molar-refractivity contribution < 1.29 is 13.9 Å². The van der Waals surface area contributed by atoms with Crippen molar-refractivity contribution in [2.45, 2.75) is 9.50 Å². The number of carbonyl (C=O) groups excluding carboxylic acids is 1. The lowest BCUT2D eigenvalue weighted by atomic mass is 10.4. The molecular weight excluding hydrogens is 384 g/mol. The molecule has 0 aromatic carbocycles. The number of furan rings is 1. The normalized spacial score (nSPS) is 10.9. The lowest BCUT2D eigenvalue weighted by molar-refractivity contribution is -0.113. The Labute approximate surface area is 155 Å². The first-order valence-corrected chi connectivity index (χ1v) is 9.87. The summed E-state index contributed by atoms with van der Waals surface area (Å²) in [7, 11) is 1.65.